The SMILES string of the molecule is O=C(O)c1ccc(Cn2cnc3ccsc3c2=O)nc1. The third-order valence-electron chi connectivity index (χ3n) is 2.84. The number of aromatic carboxylic acids is 1. The van der Waals surface area contributed by atoms with Crippen molar-refractivity contribution >= 4 is 27.5 Å². The first-order chi connectivity index (χ1) is 9.65. The molecule has 0 saturated carbocycles. The second-order valence-corrected chi connectivity index (χ2v) is 5.07. The van der Waals surface area contributed by atoms with Gasteiger partial charge in [0, 0.05) is 6.20 Å². The summed E-state index contributed by atoms with van der Waals surface area (Å²) >= 11 is 1.35. The summed E-state index contributed by atoms with van der Waals surface area (Å²) in [4.78, 5) is 31.2. The van der Waals surface area contributed by atoms with Crippen molar-refractivity contribution in [1.29, 1.82) is 0 Å². The standard InChI is InChI=1S/C13H9N3O3S/c17-12-11-10(3-4-20-11)15-7-16(12)6-9-2-1-8(5-14-9)13(18)19/h1-5,7H,6H2,(H,18,19). The lowest BCUT2D eigenvalue weighted by molar-refractivity contribution is 0.0696. The highest BCUT2D eigenvalue weighted by Crippen LogP contribution is 2.13. The molecule has 0 amide bonds. The molecule has 20 heavy (non-hydrogen) atoms. The van der Waals surface area contributed by atoms with Crippen LogP contribution in [0.5, 0.6) is 0 Å². The highest BCUT2D eigenvalue weighted by atomic mass is 32.1. The molecule has 100 valence electrons. The van der Waals surface area contributed by atoms with Crippen LogP contribution in [0, 0.1) is 0 Å². The van der Waals surface area contributed by atoms with Gasteiger partial charge in [0.15, 0.2) is 0 Å². The third kappa shape index (κ3) is 2.19. The van der Waals surface area contributed by atoms with Crippen LogP contribution in [0.25, 0.3) is 10.2 Å². The number of carboxylic acids is 1. The molecule has 0 aliphatic rings. The van der Waals surface area contributed by atoms with Crippen LogP contribution in [0.1, 0.15) is 16.1 Å². The van der Waals surface area contributed by atoms with E-state index in [4.69, 9.17) is 5.11 Å². The summed E-state index contributed by atoms with van der Waals surface area (Å²) in [6.07, 6.45) is 2.75. The number of aromatic nitrogens is 3. The van der Waals surface area contributed by atoms with Gasteiger partial charge in [-0.15, -0.1) is 11.3 Å². The van der Waals surface area contributed by atoms with Crippen LogP contribution in [0.2, 0.25) is 0 Å². The summed E-state index contributed by atoms with van der Waals surface area (Å²) in [6.45, 7) is 0.263. The molecule has 3 aromatic heterocycles. The number of pyridine rings is 1. The maximum Gasteiger partial charge on any atom is 0.337 e. The van der Waals surface area contributed by atoms with Gasteiger partial charge in [0.2, 0.25) is 0 Å². The molecule has 0 bridgehead atoms. The van der Waals surface area contributed by atoms with Crippen LogP contribution in [0.15, 0.2) is 40.9 Å². The van der Waals surface area contributed by atoms with Gasteiger partial charge >= 0.3 is 5.97 Å². The number of hydrogen-bond acceptors (Lipinski definition) is 5. The molecule has 0 atom stereocenters. The molecule has 3 heterocycles. The fourth-order valence-electron chi connectivity index (χ4n) is 1.81. The molecule has 3 rings (SSSR count). The van der Waals surface area contributed by atoms with E-state index in [0.29, 0.717) is 15.9 Å². The number of carbonyl (C=O) groups is 1. The second kappa shape index (κ2) is 4.86. The molecular weight excluding hydrogens is 278 g/mol. The van der Waals surface area contributed by atoms with Crippen LogP contribution in [0.3, 0.4) is 0 Å². The summed E-state index contributed by atoms with van der Waals surface area (Å²) < 4.78 is 2.07. The first kappa shape index (κ1) is 12.5. The molecule has 0 aliphatic heterocycles. The molecular formula is C13H9N3O3S. The lowest BCUT2D eigenvalue weighted by Crippen LogP contribution is -2.20. The Hall–Kier alpha value is -2.54. The minimum atomic E-state index is -1.03. The van der Waals surface area contributed by atoms with Crippen molar-refractivity contribution in [2.45, 2.75) is 6.54 Å². The Morgan fingerprint density at radius 3 is 2.85 bits per heavy atom. The lowest BCUT2D eigenvalue weighted by Gasteiger charge is -2.04. The van der Waals surface area contributed by atoms with Gasteiger partial charge < -0.3 is 5.11 Å². The number of thiophene rings is 1. The zero-order valence-electron chi connectivity index (χ0n) is 10.2. The summed E-state index contributed by atoms with van der Waals surface area (Å²) in [5.41, 5.74) is 1.29. The summed E-state index contributed by atoms with van der Waals surface area (Å²) in [5.74, 6) is -1.03. The average molecular weight is 287 g/mol. The highest BCUT2D eigenvalue weighted by Gasteiger charge is 2.07. The van der Waals surface area contributed by atoms with Crippen LogP contribution in [-0.4, -0.2) is 25.6 Å². The van der Waals surface area contributed by atoms with Crippen molar-refractivity contribution in [3.05, 3.63) is 57.7 Å². The summed E-state index contributed by atoms with van der Waals surface area (Å²) in [6, 6.07) is 4.85. The maximum atomic E-state index is 12.2. The predicted octanol–water partition coefficient (Wildman–Crippen LogP) is 1.60. The number of hydrogen-bond donors (Lipinski definition) is 1. The monoisotopic (exact) mass is 287 g/mol. The number of carboxylic acid groups (broad SMARTS) is 1. The Kier molecular flexibility index (Phi) is 3.03. The van der Waals surface area contributed by atoms with Crippen LogP contribution in [0.4, 0.5) is 0 Å². The van der Waals surface area contributed by atoms with Gasteiger partial charge in [0.25, 0.3) is 5.56 Å². The largest absolute Gasteiger partial charge is 0.478 e. The van der Waals surface area contributed by atoms with E-state index in [9.17, 15) is 9.59 Å². The van der Waals surface area contributed by atoms with Crippen LogP contribution >= 0.6 is 11.3 Å². The van der Waals surface area contributed by atoms with Gasteiger partial charge in [-0.2, -0.15) is 0 Å². The Morgan fingerprint density at radius 2 is 2.15 bits per heavy atom. The first-order valence-corrected chi connectivity index (χ1v) is 6.64. The van der Waals surface area contributed by atoms with Crippen molar-refractivity contribution in [1.82, 2.24) is 14.5 Å². The summed E-state index contributed by atoms with van der Waals surface area (Å²) in [7, 11) is 0. The van der Waals surface area contributed by atoms with Crippen molar-refractivity contribution in [3.63, 3.8) is 0 Å². The lowest BCUT2D eigenvalue weighted by atomic mass is 10.2. The third-order valence-corrected chi connectivity index (χ3v) is 3.73. The molecule has 0 aromatic carbocycles. The first-order valence-electron chi connectivity index (χ1n) is 5.76. The molecule has 0 fully saturated rings. The minimum absolute atomic E-state index is 0.117. The van der Waals surface area contributed by atoms with Gasteiger partial charge in [-0.3, -0.25) is 14.3 Å². The molecule has 0 saturated heterocycles. The van der Waals surface area contributed by atoms with Gasteiger partial charge in [0.05, 0.1) is 29.6 Å². The maximum absolute atomic E-state index is 12.2. The average Bonchev–Trinajstić information content (AvgIpc) is 2.92. The van der Waals surface area contributed by atoms with Crippen LogP contribution < -0.4 is 5.56 Å². The Labute approximate surface area is 117 Å². The molecule has 6 nitrogen and oxygen atoms in total. The molecule has 1 N–H and O–H groups in total. The van der Waals surface area contributed by atoms with Gasteiger partial charge in [-0.1, -0.05) is 0 Å². The minimum Gasteiger partial charge on any atom is -0.478 e. The molecule has 0 aliphatic carbocycles. The zero-order chi connectivity index (χ0) is 14.1. The number of fused-ring (bicyclic) bond motifs is 1. The van der Waals surface area contributed by atoms with E-state index < -0.39 is 5.97 Å². The highest BCUT2D eigenvalue weighted by molar-refractivity contribution is 7.17. The summed E-state index contributed by atoms with van der Waals surface area (Å²) in [5, 5.41) is 10.6. The van der Waals surface area contributed by atoms with Crippen LogP contribution in [-0.2, 0) is 6.54 Å². The van der Waals surface area contributed by atoms with E-state index in [2.05, 4.69) is 9.97 Å². The van der Waals surface area contributed by atoms with Crippen molar-refractivity contribution in [2.24, 2.45) is 0 Å². The van der Waals surface area contributed by atoms with E-state index in [1.54, 1.807) is 12.1 Å². The van der Waals surface area contributed by atoms with Gasteiger partial charge in [-0.05, 0) is 23.6 Å². The molecule has 3 aromatic rings. The van der Waals surface area contributed by atoms with E-state index in [-0.39, 0.29) is 17.7 Å². The van der Waals surface area contributed by atoms with Gasteiger partial charge in [-0.25, -0.2) is 9.78 Å². The number of rotatable bonds is 3. The van der Waals surface area contributed by atoms with E-state index in [0.717, 1.165) is 0 Å². The Morgan fingerprint density at radius 1 is 1.30 bits per heavy atom. The Balaban J connectivity index is 1.94. The van der Waals surface area contributed by atoms with Crippen molar-refractivity contribution in [3.8, 4) is 0 Å². The quantitative estimate of drug-likeness (QED) is 0.791. The smallest absolute Gasteiger partial charge is 0.337 e. The fraction of sp³-hybridized carbons (Fsp3) is 0.0769. The predicted molar refractivity (Wildman–Crippen MR) is 74.2 cm³/mol. The normalized spacial score (nSPS) is 10.8. The van der Waals surface area contributed by atoms with Gasteiger partial charge in [0.1, 0.15) is 4.70 Å². The van der Waals surface area contributed by atoms with Crippen molar-refractivity contribution < 1.29 is 9.90 Å². The Bertz CT molecular complexity index is 836. The second-order valence-electron chi connectivity index (χ2n) is 4.16. The molecule has 7 heteroatoms. The fourth-order valence-corrected chi connectivity index (χ4v) is 2.60. The zero-order valence-corrected chi connectivity index (χ0v) is 11.0. The molecule has 0 unspecified atom stereocenters. The van der Waals surface area contributed by atoms with Crippen molar-refractivity contribution in [2.75, 3.05) is 0 Å². The van der Waals surface area contributed by atoms with E-state index in [1.165, 1.54) is 34.5 Å². The topological polar surface area (TPSA) is 85.1 Å². The molecule has 0 radical (unpaired) electrons. The number of nitrogens with zero attached hydrogens (tertiary/aromatic N) is 3. The van der Waals surface area contributed by atoms with E-state index in [1.807, 2.05) is 5.38 Å². The van der Waals surface area contributed by atoms with E-state index >= 15 is 0 Å². The molecule has 0 spiro atoms.